The maximum absolute atomic E-state index is 13.3. The first kappa shape index (κ1) is 25.5. The molecule has 2 aromatic heterocycles. The molecule has 1 amide bonds. The molecule has 3 aromatic rings. The van der Waals surface area contributed by atoms with Crippen LogP contribution in [0.1, 0.15) is 41.0 Å². The van der Waals surface area contributed by atoms with E-state index in [1.807, 2.05) is 6.92 Å². The van der Waals surface area contributed by atoms with Crippen LogP contribution < -0.4 is 0 Å². The van der Waals surface area contributed by atoms with Crippen LogP contribution >= 0.6 is 0 Å². The first-order chi connectivity index (χ1) is 17.1. The molecule has 1 fully saturated rings. The van der Waals surface area contributed by atoms with Crippen LogP contribution in [0, 0.1) is 6.92 Å². The zero-order valence-electron chi connectivity index (χ0n) is 19.7. The van der Waals surface area contributed by atoms with Crippen molar-refractivity contribution in [3.05, 3.63) is 64.6 Å². The van der Waals surface area contributed by atoms with Crippen LogP contribution in [0.5, 0.6) is 0 Å². The zero-order chi connectivity index (χ0) is 25.9. The van der Waals surface area contributed by atoms with E-state index in [1.54, 1.807) is 11.8 Å². The Balaban J connectivity index is 1.44. The molecule has 0 saturated carbocycles. The van der Waals surface area contributed by atoms with E-state index >= 15 is 0 Å². The summed E-state index contributed by atoms with van der Waals surface area (Å²) in [5.41, 5.74) is 0.589. The number of oxazole rings is 1. The summed E-state index contributed by atoms with van der Waals surface area (Å²) in [5.74, 6) is 0.187. The topological polar surface area (TPSA) is 93.2 Å². The third kappa shape index (κ3) is 6.14. The highest BCUT2D eigenvalue weighted by Crippen LogP contribution is 2.31. The van der Waals surface area contributed by atoms with Crippen LogP contribution in [0.3, 0.4) is 0 Å². The van der Waals surface area contributed by atoms with E-state index in [0.717, 1.165) is 12.1 Å². The molecule has 192 valence electrons. The van der Waals surface area contributed by atoms with Crippen molar-refractivity contribution in [2.75, 3.05) is 19.6 Å². The Bertz CT molecular complexity index is 1240. The molecule has 4 rings (SSSR count). The number of carbonyl (C=O) groups excluding carboxylic acids is 1. The number of hydrogen-bond donors (Lipinski definition) is 0. The average Bonchev–Trinajstić information content (AvgIpc) is 3.45. The lowest BCUT2D eigenvalue weighted by Gasteiger charge is -2.39. The number of aromatic nitrogens is 5. The highest BCUT2D eigenvalue weighted by atomic mass is 19.4. The van der Waals surface area contributed by atoms with Crippen LogP contribution in [0.15, 0.2) is 35.0 Å². The largest absolute Gasteiger partial charge is 0.446 e. The van der Waals surface area contributed by atoms with Crippen LogP contribution in [-0.4, -0.2) is 66.6 Å². The second kappa shape index (κ2) is 10.6. The predicted octanol–water partition coefficient (Wildman–Crippen LogP) is 3.25. The van der Waals surface area contributed by atoms with Gasteiger partial charge in [-0.1, -0.05) is 6.07 Å². The smallest absolute Gasteiger partial charge is 0.416 e. The maximum atomic E-state index is 13.3. The van der Waals surface area contributed by atoms with Gasteiger partial charge in [0.2, 0.25) is 11.8 Å². The standard InChI is InChI=1S/C23H25F4N7O2/c1-15-11-32(13-20-14-36-21(10-24)28-20)7-8-33(15)22(35)6-4-17-3-5-19(23(25,26)27)9-18(17)12-34-30-16(2)29-31-34/h3-6,9,14-15H,7-8,10-13H2,1-2H3/t15-/m1/s1. The molecule has 9 nitrogen and oxygen atoms in total. The predicted molar refractivity (Wildman–Crippen MR) is 120 cm³/mol. The molecule has 1 saturated heterocycles. The van der Waals surface area contributed by atoms with E-state index in [4.69, 9.17) is 4.42 Å². The van der Waals surface area contributed by atoms with Crippen LogP contribution in [-0.2, 0) is 30.7 Å². The number of hydrogen-bond acceptors (Lipinski definition) is 7. The lowest BCUT2D eigenvalue weighted by Crippen LogP contribution is -2.53. The number of amides is 1. The summed E-state index contributed by atoms with van der Waals surface area (Å²) in [7, 11) is 0. The maximum Gasteiger partial charge on any atom is 0.416 e. The number of nitrogens with zero attached hydrogens (tertiary/aromatic N) is 7. The summed E-state index contributed by atoms with van der Waals surface area (Å²) in [5, 5.41) is 11.6. The van der Waals surface area contributed by atoms with Crippen LogP contribution in [0.4, 0.5) is 17.6 Å². The summed E-state index contributed by atoms with van der Waals surface area (Å²) < 4.78 is 57.5. The Kier molecular flexibility index (Phi) is 7.48. The SMILES string of the molecule is Cc1nnn(Cc2cc(C(F)(F)F)ccc2C=CC(=O)N2CCN(Cc3coc(CF)n3)C[C@H]2C)n1. The second-order valence-electron chi connectivity index (χ2n) is 8.59. The van der Waals surface area contributed by atoms with E-state index in [9.17, 15) is 22.4 Å². The lowest BCUT2D eigenvalue weighted by molar-refractivity contribution is -0.137. The molecule has 0 radical (unpaired) electrons. The molecule has 1 atom stereocenters. The van der Waals surface area contributed by atoms with Crippen molar-refractivity contribution >= 4 is 12.0 Å². The average molecular weight is 507 g/mol. The molecule has 36 heavy (non-hydrogen) atoms. The van der Waals surface area contributed by atoms with E-state index < -0.39 is 18.4 Å². The first-order valence-corrected chi connectivity index (χ1v) is 11.3. The monoisotopic (exact) mass is 507 g/mol. The quantitative estimate of drug-likeness (QED) is 0.358. The van der Waals surface area contributed by atoms with Crippen molar-refractivity contribution in [3.8, 4) is 0 Å². The van der Waals surface area contributed by atoms with Gasteiger partial charge in [-0.25, -0.2) is 9.37 Å². The molecular formula is C23H25F4N7O2. The van der Waals surface area contributed by atoms with Crippen molar-refractivity contribution in [1.82, 2.24) is 35.0 Å². The van der Waals surface area contributed by atoms with Gasteiger partial charge in [0, 0.05) is 38.3 Å². The number of carbonyl (C=O) groups is 1. The number of benzene rings is 1. The van der Waals surface area contributed by atoms with Gasteiger partial charge in [0.1, 0.15) is 6.26 Å². The summed E-state index contributed by atoms with van der Waals surface area (Å²) >= 11 is 0. The number of halogens is 4. The van der Waals surface area contributed by atoms with Crippen molar-refractivity contribution < 1.29 is 26.8 Å². The Morgan fingerprint density at radius 3 is 2.69 bits per heavy atom. The fourth-order valence-electron chi connectivity index (χ4n) is 4.10. The molecule has 0 unspecified atom stereocenters. The molecule has 13 heteroatoms. The van der Waals surface area contributed by atoms with Crippen LogP contribution in [0.25, 0.3) is 6.08 Å². The fourth-order valence-corrected chi connectivity index (χ4v) is 4.10. The third-order valence-corrected chi connectivity index (χ3v) is 5.83. The minimum absolute atomic E-state index is 0.0279. The number of tetrazole rings is 1. The molecule has 0 bridgehead atoms. The molecule has 3 heterocycles. The lowest BCUT2D eigenvalue weighted by atomic mass is 10.0. The van der Waals surface area contributed by atoms with Crippen LogP contribution in [0.2, 0.25) is 0 Å². The molecule has 1 aliphatic heterocycles. The number of alkyl halides is 4. The van der Waals surface area contributed by atoms with E-state index in [0.29, 0.717) is 48.8 Å². The van der Waals surface area contributed by atoms with E-state index in [-0.39, 0.29) is 24.4 Å². The summed E-state index contributed by atoms with van der Waals surface area (Å²) in [6.07, 6.45) is -0.206. The minimum atomic E-state index is -4.51. The van der Waals surface area contributed by atoms with Gasteiger partial charge < -0.3 is 9.32 Å². The Labute approximate surface area is 204 Å². The zero-order valence-corrected chi connectivity index (χ0v) is 19.7. The van der Waals surface area contributed by atoms with Gasteiger partial charge in [-0.3, -0.25) is 9.69 Å². The molecule has 0 spiro atoms. The molecule has 0 N–H and O–H groups in total. The number of aryl methyl sites for hydroxylation is 1. The number of rotatable bonds is 7. The minimum Gasteiger partial charge on any atom is -0.446 e. The van der Waals surface area contributed by atoms with Gasteiger partial charge in [0.15, 0.2) is 12.5 Å². The Hall–Kier alpha value is -3.61. The summed E-state index contributed by atoms with van der Waals surface area (Å²) in [6, 6.07) is 3.23. The van der Waals surface area contributed by atoms with E-state index in [2.05, 4.69) is 25.3 Å². The summed E-state index contributed by atoms with van der Waals surface area (Å²) in [6.45, 7) is 4.86. The third-order valence-electron chi connectivity index (χ3n) is 5.83. The Morgan fingerprint density at radius 2 is 2.06 bits per heavy atom. The van der Waals surface area contributed by atoms with Crippen molar-refractivity contribution in [1.29, 1.82) is 0 Å². The van der Waals surface area contributed by atoms with E-state index in [1.165, 1.54) is 29.3 Å². The molecule has 1 aliphatic rings. The highest BCUT2D eigenvalue weighted by Gasteiger charge is 2.31. The van der Waals surface area contributed by atoms with Crippen molar-refractivity contribution in [2.24, 2.45) is 0 Å². The first-order valence-electron chi connectivity index (χ1n) is 11.3. The van der Waals surface area contributed by atoms with Gasteiger partial charge in [-0.2, -0.15) is 18.0 Å². The highest BCUT2D eigenvalue weighted by molar-refractivity contribution is 5.92. The second-order valence-corrected chi connectivity index (χ2v) is 8.59. The van der Waals surface area contributed by atoms with Crippen molar-refractivity contribution in [3.63, 3.8) is 0 Å². The fraction of sp³-hybridized carbons (Fsp3) is 0.435. The molecular weight excluding hydrogens is 482 g/mol. The Morgan fingerprint density at radius 1 is 1.25 bits per heavy atom. The summed E-state index contributed by atoms with van der Waals surface area (Å²) in [4.78, 5) is 22.0. The number of piperazine rings is 1. The van der Waals surface area contributed by atoms with Crippen molar-refractivity contribution in [2.45, 2.75) is 45.8 Å². The van der Waals surface area contributed by atoms with Gasteiger partial charge in [-0.05, 0) is 48.4 Å². The van der Waals surface area contributed by atoms with Gasteiger partial charge in [0.25, 0.3) is 0 Å². The normalized spacial score (nSPS) is 17.3. The molecule has 1 aromatic carbocycles. The molecule has 0 aliphatic carbocycles. The van der Waals surface area contributed by atoms with Gasteiger partial charge in [-0.15, -0.1) is 10.2 Å². The van der Waals surface area contributed by atoms with Gasteiger partial charge in [0.05, 0.1) is 17.8 Å². The van der Waals surface area contributed by atoms with Gasteiger partial charge >= 0.3 is 6.18 Å².